The summed E-state index contributed by atoms with van der Waals surface area (Å²) < 4.78 is 1.86. The normalized spacial score (nSPS) is 14.7. The van der Waals surface area contributed by atoms with Gasteiger partial charge in [0.05, 0.1) is 5.69 Å². The van der Waals surface area contributed by atoms with Crippen LogP contribution in [0.3, 0.4) is 0 Å². The Morgan fingerprint density at radius 1 is 1.17 bits per heavy atom. The highest BCUT2D eigenvalue weighted by Crippen LogP contribution is 2.36. The fourth-order valence-electron chi connectivity index (χ4n) is 3.84. The van der Waals surface area contributed by atoms with Crippen LogP contribution in [0.4, 0.5) is 0 Å². The summed E-state index contributed by atoms with van der Waals surface area (Å²) in [5.74, 6) is 0.0508. The van der Waals surface area contributed by atoms with Crippen LogP contribution in [0.1, 0.15) is 44.9 Å². The lowest BCUT2D eigenvalue weighted by Gasteiger charge is -2.28. The topological polar surface area (TPSA) is 38.1 Å². The lowest BCUT2D eigenvalue weighted by Crippen LogP contribution is -2.18. The summed E-state index contributed by atoms with van der Waals surface area (Å²) in [4.78, 5) is 13.8. The molecule has 0 spiro atoms. The fourth-order valence-corrected chi connectivity index (χ4v) is 3.84. The molecule has 4 heteroatoms. The number of Topliss-reactive ketones (excluding diaryl/α,β-unsaturated/α-hetero) is 1. The molecule has 2 heterocycles. The van der Waals surface area contributed by atoms with Crippen LogP contribution in [0.2, 0.25) is 0 Å². The predicted octanol–water partition coefficient (Wildman–Crippen LogP) is 5.79. The van der Waals surface area contributed by atoms with Crippen molar-refractivity contribution in [3.8, 4) is 11.1 Å². The smallest absolute Gasteiger partial charge is 0.159 e. The van der Waals surface area contributed by atoms with Gasteiger partial charge < -0.3 is 4.90 Å². The minimum absolute atomic E-state index is 0.0508. The van der Waals surface area contributed by atoms with Crippen molar-refractivity contribution in [3.63, 3.8) is 0 Å². The number of aromatic nitrogens is 2. The number of benzene rings is 1. The molecule has 4 nitrogen and oxygen atoms in total. The van der Waals surface area contributed by atoms with Crippen LogP contribution < -0.4 is 0 Å². The van der Waals surface area contributed by atoms with Crippen LogP contribution in [0.25, 0.3) is 16.7 Å². The third-order valence-corrected chi connectivity index (χ3v) is 5.30. The summed E-state index contributed by atoms with van der Waals surface area (Å²) >= 11 is 0. The van der Waals surface area contributed by atoms with Crippen molar-refractivity contribution in [2.75, 3.05) is 0 Å². The summed E-state index contributed by atoms with van der Waals surface area (Å²) in [7, 11) is 1.95. The van der Waals surface area contributed by atoms with Crippen molar-refractivity contribution in [2.45, 2.75) is 40.5 Å². The number of nitrogens with zero attached hydrogens (tertiary/aromatic N) is 3. The molecule has 1 aromatic carbocycles. The van der Waals surface area contributed by atoms with Gasteiger partial charge in [-0.3, -0.25) is 9.48 Å². The SMILES string of the molecule is C=C1C=C(C(C)=O)C=CN1/C(C)=C(\CCC)c1ccccc1-c1cn(C)nc1C. The number of hydrogen-bond donors (Lipinski definition) is 0. The maximum atomic E-state index is 11.7. The van der Waals surface area contributed by atoms with Crippen molar-refractivity contribution in [1.82, 2.24) is 14.7 Å². The molecule has 0 saturated carbocycles. The van der Waals surface area contributed by atoms with E-state index in [0.29, 0.717) is 5.57 Å². The molecule has 0 saturated heterocycles. The van der Waals surface area contributed by atoms with Gasteiger partial charge in [0, 0.05) is 42.0 Å². The van der Waals surface area contributed by atoms with E-state index in [1.807, 2.05) is 37.0 Å². The highest BCUT2D eigenvalue weighted by atomic mass is 16.1. The Balaban J connectivity index is 2.12. The molecule has 0 atom stereocenters. The van der Waals surface area contributed by atoms with Gasteiger partial charge in [-0.1, -0.05) is 44.2 Å². The molecule has 0 aliphatic carbocycles. The van der Waals surface area contributed by atoms with Crippen LogP contribution >= 0.6 is 0 Å². The van der Waals surface area contributed by atoms with Gasteiger partial charge in [0.15, 0.2) is 5.78 Å². The average molecular weight is 388 g/mol. The summed E-state index contributed by atoms with van der Waals surface area (Å²) in [6.07, 6.45) is 9.72. The van der Waals surface area contributed by atoms with Crippen molar-refractivity contribution < 1.29 is 4.79 Å². The van der Waals surface area contributed by atoms with Crippen molar-refractivity contribution in [1.29, 1.82) is 0 Å². The Labute approximate surface area is 173 Å². The van der Waals surface area contributed by atoms with E-state index in [2.05, 4.69) is 60.9 Å². The maximum Gasteiger partial charge on any atom is 0.159 e. The predicted molar refractivity (Wildman–Crippen MR) is 120 cm³/mol. The Morgan fingerprint density at radius 2 is 1.90 bits per heavy atom. The number of ketones is 1. The quantitative estimate of drug-likeness (QED) is 0.630. The maximum absolute atomic E-state index is 11.7. The molecule has 0 N–H and O–H groups in total. The molecule has 0 radical (unpaired) electrons. The molecule has 1 aliphatic heterocycles. The Hall–Kier alpha value is -3.14. The molecular weight excluding hydrogens is 358 g/mol. The van der Waals surface area contributed by atoms with Gasteiger partial charge in [0.25, 0.3) is 0 Å². The van der Waals surface area contributed by atoms with Crippen LogP contribution in [-0.4, -0.2) is 20.5 Å². The zero-order valence-electron chi connectivity index (χ0n) is 18.0. The van der Waals surface area contributed by atoms with E-state index in [1.165, 1.54) is 16.7 Å². The first-order valence-corrected chi connectivity index (χ1v) is 10.0. The Bertz CT molecular complexity index is 1050. The molecule has 150 valence electrons. The zero-order chi connectivity index (χ0) is 21.1. The van der Waals surface area contributed by atoms with Gasteiger partial charge in [-0.2, -0.15) is 5.10 Å². The molecule has 1 aromatic heterocycles. The Morgan fingerprint density at radius 3 is 2.48 bits per heavy atom. The number of aryl methyl sites for hydroxylation is 2. The first-order chi connectivity index (χ1) is 13.8. The third kappa shape index (κ3) is 4.16. The van der Waals surface area contributed by atoms with Crippen LogP contribution in [0, 0.1) is 6.92 Å². The van der Waals surface area contributed by atoms with Crippen LogP contribution in [0.15, 0.2) is 72.4 Å². The number of rotatable bonds is 6. The molecule has 0 bridgehead atoms. The Kier molecular flexibility index (Phi) is 6.02. The third-order valence-electron chi connectivity index (χ3n) is 5.30. The molecule has 2 aromatic rings. The summed E-state index contributed by atoms with van der Waals surface area (Å²) in [6.45, 7) is 12.1. The minimum Gasteiger partial charge on any atom is -0.321 e. The highest BCUT2D eigenvalue weighted by molar-refractivity contribution is 5.97. The lowest BCUT2D eigenvalue weighted by molar-refractivity contribution is -0.113. The van der Waals surface area contributed by atoms with E-state index in [0.717, 1.165) is 35.5 Å². The molecule has 0 amide bonds. The average Bonchev–Trinajstić information content (AvgIpc) is 3.03. The second kappa shape index (κ2) is 8.48. The van der Waals surface area contributed by atoms with Crippen molar-refractivity contribution >= 4 is 11.4 Å². The van der Waals surface area contributed by atoms with E-state index in [9.17, 15) is 4.79 Å². The van der Waals surface area contributed by atoms with Gasteiger partial charge in [0.2, 0.25) is 0 Å². The summed E-state index contributed by atoms with van der Waals surface area (Å²) in [5.41, 5.74) is 8.46. The first-order valence-electron chi connectivity index (χ1n) is 10.0. The zero-order valence-corrected chi connectivity index (χ0v) is 18.0. The highest BCUT2D eigenvalue weighted by Gasteiger charge is 2.19. The largest absolute Gasteiger partial charge is 0.321 e. The molecule has 1 aliphatic rings. The number of allylic oxidation sites excluding steroid dienone is 5. The van der Waals surface area contributed by atoms with Gasteiger partial charge in [-0.15, -0.1) is 0 Å². The second-order valence-corrected chi connectivity index (χ2v) is 7.49. The minimum atomic E-state index is 0.0508. The van der Waals surface area contributed by atoms with E-state index in [1.54, 1.807) is 6.92 Å². The van der Waals surface area contributed by atoms with E-state index >= 15 is 0 Å². The number of hydrogen-bond acceptors (Lipinski definition) is 3. The van der Waals surface area contributed by atoms with Gasteiger partial charge in [-0.05, 0) is 56.0 Å². The summed E-state index contributed by atoms with van der Waals surface area (Å²) in [6, 6.07) is 8.51. The first kappa shape index (κ1) is 20.6. The van der Waals surface area contributed by atoms with Crippen molar-refractivity contribution in [2.24, 2.45) is 7.05 Å². The molecule has 3 rings (SSSR count). The molecular formula is C25H29N3O. The van der Waals surface area contributed by atoms with E-state index in [-0.39, 0.29) is 5.78 Å². The van der Waals surface area contributed by atoms with Gasteiger partial charge in [0.1, 0.15) is 0 Å². The van der Waals surface area contributed by atoms with Crippen LogP contribution in [0.5, 0.6) is 0 Å². The lowest BCUT2D eigenvalue weighted by atomic mass is 9.91. The van der Waals surface area contributed by atoms with E-state index < -0.39 is 0 Å². The molecule has 0 unspecified atom stereocenters. The van der Waals surface area contributed by atoms with Gasteiger partial charge in [-0.25, -0.2) is 0 Å². The van der Waals surface area contributed by atoms with Crippen LogP contribution in [-0.2, 0) is 11.8 Å². The number of carbonyl (C=O) groups excluding carboxylic acids is 1. The summed E-state index contributed by atoms with van der Waals surface area (Å²) in [5, 5.41) is 4.53. The van der Waals surface area contributed by atoms with Crippen molar-refractivity contribution in [3.05, 3.63) is 83.6 Å². The monoisotopic (exact) mass is 387 g/mol. The molecule has 29 heavy (non-hydrogen) atoms. The fraction of sp³-hybridized carbons (Fsp3) is 0.280. The van der Waals surface area contributed by atoms with E-state index in [4.69, 9.17) is 0 Å². The second-order valence-electron chi connectivity index (χ2n) is 7.49. The van der Waals surface area contributed by atoms with Gasteiger partial charge >= 0.3 is 0 Å². The standard InChI is InChI=1S/C25H29N3O/c1-7-10-22(19(4)28-14-13-21(20(5)29)15-17(28)2)23-11-8-9-12-24(23)25-16-27(6)26-18(25)3/h8-9,11-16H,2,7,10H2,1,3-6H3/b22-19+. The number of carbonyl (C=O) groups is 1. The molecule has 0 fully saturated rings.